The van der Waals surface area contributed by atoms with Crippen LogP contribution in [0.15, 0.2) is 72.8 Å². The van der Waals surface area contributed by atoms with Gasteiger partial charge in [0.05, 0.1) is 12.7 Å². The standard InChI is InChI=1S/C25H31BO3Si/c1-18-16-25(22(27-5)21(18)23(26)29-25)17-28-30(24(2,3)4,19-12-8-6-9-13-19)20-14-10-7-11-15-20/h6-15,21-23H,1,16-17H2,2-5H3/t21-,22+,23-,25-/m1/s1. The molecule has 2 fully saturated rings. The molecule has 1 aliphatic heterocycles. The fourth-order valence-corrected chi connectivity index (χ4v) is 10.1. The first-order chi connectivity index (χ1) is 14.2. The number of benzene rings is 2. The van der Waals surface area contributed by atoms with Crippen molar-refractivity contribution in [1.82, 2.24) is 0 Å². The third-order valence-electron chi connectivity index (χ3n) is 6.77. The summed E-state index contributed by atoms with van der Waals surface area (Å²) in [5.41, 5.74) is 0.523. The van der Waals surface area contributed by atoms with Crippen molar-refractivity contribution in [3.63, 3.8) is 0 Å². The van der Waals surface area contributed by atoms with Crippen LogP contribution in [-0.4, -0.2) is 47.6 Å². The number of hydrogen-bond acceptors (Lipinski definition) is 3. The summed E-state index contributed by atoms with van der Waals surface area (Å²) in [5.74, 6) is 0.0257. The van der Waals surface area contributed by atoms with Crippen LogP contribution >= 0.6 is 0 Å². The summed E-state index contributed by atoms with van der Waals surface area (Å²) in [6.07, 6.45) is 0.598. The van der Waals surface area contributed by atoms with Crippen LogP contribution in [0.5, 0.6) is 0 Å². The summed E-state index contributed by atoms with van der Waals surface area (Å²) < 4.78 is 19.3. The van der Waals surface area contributed by atoms with Crippen LogP contribution in [0, 0.1) is 5.92 Å². The van der Waals surface area contributed by atoms with Crippen LogP contribution in [0.1, 0.15) is 27.2 Å². The Morgan fingerprint density at radius 3 is 2.03 bits per heavy atom. The van der Waals surface area contributed by atoms with Crippen molar-refractivity contribution in [1.29, 1.82) is 0 Å². The molecular weight excluding hydrogens is 387 g/mol. The van der Waals surface area contributed by atoms with E-state index in [4.69, 9.17) is 21.7 Å². The van der Waals surface area contributed by atoms with Gasteiger partial charge in [0.25, 0.3) is 8.32 Å². The maximum Gasteiger partial charge on any atom is 0.261 e. The highest BCUT2D eigenvalue weighted by molar-refractivity contribution is 6.99. The minimum Gasteiger partial charge on any atom is -0.404 e. The van der Waals surface area contributed by atoms with E-state index in [2.05, 4.69) is 88.0 Å². The SMILES string of the molecule is [B][C@@H]1O[C@@]2(CO[Si](c3ccccc3)(c3ccccc3)C(C)(C)C)CC(=C)[C@@H]1[C@@H]2OC. The molecule has 156 valence electrons. The minimum atomic E-state index is -2.65. The lowest BCUT2D eigenvalue weighted by Crippen LogP contribution is -2.68. The van der Waals surface area contributed by atoms with Gasteiger partial charge in [0.15, 0.2) is 0 Å². The molecule has 1 saturated carbocycles. The third-order valence-corrected chi connectivity index (χ3v) is 11.8. The van der Waals surface area contributed by atoms with Crippen LogP contribution in [0.2, 0.25) is 5.04 Å². The van der Waals surface area contributed by atoms with Crippen LogP contribution in [0.3, 0.4) is 0 Å². The smallest absolute Gasteiger partial charge is 0.261 e. The van der Waals surface area contributed by atoms with E-state index < -0.39 is 13.9 Å². The molecule has 2 aromatic rings. The Kier molecular flexibility index (Phi) is 5.60. The molecule has 0 amide bonds. The second-order valence-electron chi connectivity index (χ2n) is 9.62. The number of ether oxygens (including phenoxy) is 2. The van der Waals surface area contributed by atoms with E-state index in [1.165, 1.54) is 10.4 Å². The highest BCUT2D eigenvalue weighted by atomic mass is 28.4. The quantitative estimate of drug-likeness (QED) is 0.532. The van der Waals surface area contributed by atoms with E-state index in [0.29, 0.717) is 6.61 Å². The zero-order valence-electron chi connectivity index (χ0n) is 18.4. The lowest BCUT2D eigenvalue weighted by atomic mass is 9.83. The maximum atomic E-state index is 7.14. The molecule has 2 bridgehead atoms. The average Bonchev–Trinajstić information content (AvgIpc) is 3.15. The fraction of sp³-hybridized carbons (Fsp3) is 0.440. The molecule has 0 aromatic heterocycles. The topological polar surface area (TPSA) is 27.7 Å². The fourth-order valence-electron chi connectivity index (χ4n) is 5.52. The summed E-state index contributed by atoms with van der Waals surface area (Å²) >= 11 is 0. The van der Waals surface area contributed by atoms with Crippen LogP contribution in [-0.2, 0) is 13.9 Å². The van der Waals surface area contributed by atoms with E-state index in [9.17, 15) is 0 Å². The van der Waals surface area contributed by atoms with Gasteiger partial charge in [-0.05, 0) is 15.4 Å². The molecule has 3 nitrogen and oxygen atoms in total. The van der Waals surface area contributed by atoms with Crippen LogP contribution in [0.25, 0.3) is 0 Å². The lowest BCUT2D eigenvalue weighted by Gasteiger charge is -2.45. The molecule has 5 heteroatoms. The van der Waals surface area contributed by atoms with Crippen LogP contribution < -0.4 is 10.4 Å². The van der Waals surface area contributed by atoms with Gasteiger partial charge in [-0.25, -0.2) is 0 Å². The molecule has 2 aromatic carbocycles. The first kappa shape index (κ1) is 21.6. The molecule has 2 radical (unpaired) electrons. The maximum absolute atomic E-state index is 7.14. The van der Waals surface area contributed by atoms with Gasteiger partial charge in [0, 0.05) is 25.5 Å². The zero-order valence-corrected chi connectivity index (χ0v) is 19.4. The monoisotopic (exact) mass is 418 g/mol. The van der Waals surface area contributed by atoms with Crippen molar-refractivity contribution in [2.75, 3.05) is 13.7 Å². The number of rotatable bonds is 6. The minimum absolute atomic E-state index is 0.0257. The van der Waals surface area contributed by atoms with Crippen LogP contribution in [0.4, 0.5) is 0 Å². The number of fused-ring (bicyclic) bond motifs is 2. The summed E-state index contributed by atoms with van der Waals surface area (Å²) in [6, 6.07) is 20.9. The van der Waals surface area contributed by atoms with Gasteiger partial charge >= 0.3 is 0 Å². The van der Waals surface area contributed by atoms with Gasteiger partial charge in [0.2, 0.25) is 0 Å². The Morgan fingerprint density at radius 1 is 1.07 bits per heavy atom. The molecule has 4 atom stereocenters. The predicted molar refractivity (Wildman–Crippen MR) is 125 cm³/mol. The molecule has 0 unspecified atom stereocenters. The molecule has 4 rings (SSSR count). The molecule has 0 N–H and O–H groups in total. The second kappa shape index (κ2) is 7.79. The Labute approximate surface area is 183 Å². The molecular formula is C25H31BO3Si. The van der Waals surface area contributed by atoms with E-state index >= 15 is 0 Å². The molecule has 30 heavy (non-hydrogen) atoms. The molecule has 1 saturated heterocycles. The summed E-state index contributed by atoms with van der Waals surface area (Å²) in [4.78, 5) is 0. The van der Waals surface area contributed by atoms with E-state index in [-0.39, 0.29) is 23.1 Å². The zero-order chi connectivity index (χ0) is 21.6. The number of methoxy groups -OCH3 is 1. The van der Waals surface area contributed by atoms with Gasteiger partial charge in [-0.2, -0.15) is 0 Å². The average molecular weight is 418 g/mol. The largest absolute Gasteiger partial charge is 0.404 e. The predicted octanol–water partition coefficient (Wildman–Crippen LogP) is 3.42. The summed E-state index contributed by atoms with van der Waals surface area (Å²) in [7, 11) is 5.38. The summed E-state index contributed by atoms with van der Waals surface area (Å²) in [6.45, 7) is 11.5. The van der Waals surface area contributed by atoms with Crippen molar-refractivity contribution in [3.8, 4) is 0 Å². The van der Waals surface area contributed by atoms with Crippen molar-refractivity contribution < 1.29 is 13.9 Å². The highest BCUT2D eigenvalue weighted by Gasteiger charge is 2.62. The van der Waals surface area contributed by atoms with E-state index in [1.54, 1.807) is 7.11 Å². The Hall–Kier alpha value is -1.66. The van der Waals surface area contributed by atoms with E-state index in [0.717, 1.165) is 12.0 Å². The second-order valence-corrected chi connectivity index (χ2v) is 13.9. The highest BCUT2D eigenvalue weighted by Crippen LogP contribution is 2.52. The van der Waals surface area contributed by atoms with Gasteiger partial charge < -0.3 is 13.9 Å². The normalized spacial score (nSPS) is 28.8. The molecule has 0 spiro atoms. The lowest BCUT2D eigenvalue weighted by molar-refractivity contribution is -0.0985. The molecule has 1 heterocycles. The van der Waals surface area contributed by atoms with Gasteiger partial charge in [-0.1, -0.05) is 93.6 Å². The Bertz CT molecular complexity index is 856. The van der Waals surface area contributed by atoms with Gasteiger partial charge in [-0.3, -0.25) is 0 Å². The van der Waals surface area contributed by atoms with E-state index in [1.807, 2.05) is 0 Å². The third kappa shape index (κ3) is 3.23. The van der Waals surface area contributed by atoms with Crippen molar-refractivity contribution >= 4 is 26.5 Å². The van der Waals surface area contributed by atoms with Crippen molar-refractivity contribution in [2.45, 2.75) is 49.9 Å². The van der Waals surface area contributed by atoms with Gasteiger partial charge in [0.1, 0.15) is 13.4 Å². The number of hydrogen-bond donors (Lipinski definition) is 0. The Balaban J connectivity index is 1.79. The first-order valence-corrected chi connectivity index (χ1v) is 12.5. The Morgan fingerprint density at radius 2 is 1.60 bits per heavy atom. The van der Waals surface area contributed by atoms with Gasteiger partial charge in [-0.15, -0.1) is 0 Å². The summed E-state index contributed by atoms with van der Waals surface area (Å²) in [5, 5.41) is 2.42. The molecule has 1 aliphatic carbocycles. The first-order valence-electron chi connectivity index (χ1n) is 10.6. The van der Waals surface area contributed by atoms with Crippen molar-refractivity contribution in [2.24, 2.45) is 5.92 Å². The van der Waals surface area contributed by atoms with Crippen molar-refractivity contribution in [3.05, 3.63) is 72.8 Å². The molecule has 2 aliphatic rings.